The summed E-state index contributed by atoms with van der Waals surface area (Å²) in [6.45, 7) is 5.51. The first kappa shape index (κ1) is 15.0. The first-order chi connectivity index (χ1) is 8.79. The topological polar surface area (TPSA) is 63.5 Å². The summed E-state index contributed by atoms with van der Waals surface area (Å²) in [6.07, 6.45) is 0. The molecule has 0 aliphatic carbocycles. The molecule has 0 spiro atoms. The van der Waals surface area contributed by atoms with E-state index in [0.717, 1.165) is 0 Å². The van der Waals surface area contributed by atoms with Gasteiger partial charge in [0.15, 0.2) is 0 Å². The first-order valence-corrected chi connectivity index (χ1v) is 5.74. The Morgan fingerprint density at radius 3 is 2.37 bits per heavy atom. The third kappa shape index (κ3) is 3.04. The standard InChI is InChI=1S/C12H14F2N2O3/c1-4-15(7(2)3)12(17)8-5-10(14)11(16(18)19)6-9(8)13/h5-7H,4H2,1-3H3. The fraction of sp³-hybridized carbons (Fsp3) is 0.417. The van der Waals surface area contributed by atoms with Crippen LogP contribution in [-0.4, -0.2) is 28.3 Å². The second-order valence-corrected chi connectivity index (χ2v) is 4.23. The summed E-state index contributed by atoms with van der Waals surface area (Å²) in [7, 11) is 0. The molecule has 19 heavy (non-hydrogen) atoms. The number of amides is 1. The maximum absolute atomic E-state index is 13.7. The summed E-state index contributed by atoms with van der Waals surface area (Å²) < 4.78 is 27.1. The molecule has 0 atom stereocenters. The van der Waals surface area contributed by atoms with Crippen molar-refractivity contribution < 1.29 is 18.5 Å². The van der Waals surface area contributed by atoms with Crippen molar-refractivity contribution in [3.8, 4) is 0 Å². The van der Waals surface area contributed by atoms with Crippen molar-refractivity contribution in [2.75, 3.05) is 6.54 Å². The highest BCUT2D eigenvalue weighted by Crippen LogP contribution is 2.22. The highest BCUT2D eigenvalue weighted by Gasteiger charge is 2.25. The summed E-state index contributed by atoms with van der Waals surface area (Å²) in [6, 6.07) is 0.813. The molecule has 104 valence electrons. The molecule has 5 nitrogen and oxygen atoms in total. The van der Waals surface area contributed by atoms with Crippen molar-refractivity contribution >= 4 is 11.6 Å². The van der Waals surface area contributed by atoms with Crippen molar-refractivity contribution in [3.63, 3.8) is 0 Å². The Hall–Kier alpha value is -2.05. The summed E-state index contributed by atoms with van der Waals surface area (Å²) >= 11 is 0. The highest BCUT2D eigenvalue weighted by molar-refractivity contribution is 5.95. The van der Waals surface area contributed by atoms with Crippen molar-refractivity contribution in [3.05, 3.63) is 39.4 Å². The fourth-order valence-electron chi connectivity index (χ4n) is 1.74. The predicted octanol–water partition coefficient (Wildman–Crippen LogP) is 2.74. The van der Waals surface area contributed by atoms with E-state index in [1.807, 2.05) is 0 Å². The molecule has 1 rings (SSSR count). The molecule has 0 bridgehead atoms. The zero-order valence-electron chi connectivity index (χ0n) is 10.8. The van der Waals surface area contributed by atoms with Gasteiger partial charge < -0.3 is 4.90 Å². The molecule has 0 aromatic heterocycles. The minimum atomic E-state index is -1.23. The molecule has 0 fully saturated rings. The quantitative estimate of drug-likeness (QED) is 0.625. The largest absolute Gasteiger partial charge is 0.336 e. The van der Waals surface area contributed by atoms with Crippen molar-refractivity contribution in [2.24, 2.45) is 0 Å². The second kappa shape index (κ2) is 5.73. The number of carbonyl (C=O) groups is 1. The third-order valence-electron chi connectivity index (χ3n) is 2.69. The Balaban J connectivity index is 3.25. The fourth-order valence-corrected chi connectivity index (χ4v) is 1.74. The summed E-state index contributed by atoms with van der Waals surface area (Å²) in [5.41, 5.74) is -1.49. The lowest BCUT2D eigenvalue weighted by Gasteiger charge is -2.25. The number of nitrogens with zero attached hydrogens (tertiary/aromatic N) is 2. The lowest BCUT2D eigenvalue weighted by Crippen LogP contribution is -2.37. The zero-order valence-corrected chi connectivity index (χ0v) is 10.8. The Morgan fingerprint density at radius 1 is 1.37 bits per heavy atom. The van der Waals surface area contributed by atoms with Crippen LogP contribution in [0.5, 0.6) is 0 Å². The van der Waals surface area contributed by atoms with E-state index < -0.39 is 33.7 Å². The molecule has 1 amide bonds. The van der Waals surface area contributed by atoms with E-state index >= 15 is 0 Å². The van der Waals surface area contributed by atoms with Gasteiger partial charge in [-0.3, -0.25) is 14.9 Å². The van der Waals surface area contributed by atoms with Crippen LogP contribution in [0.3, 0.4) is 0 Å². The molecule has 0 radical (unpaired) electrons. The number of benzene rings is 1. The van der Waals surface area contributed by atoms with Gasteiger partial charge in [-0.05, 0) is 26.8 Å². The van der Waals surface area contributed by atoms with Crippen LogP contribution >= 0.6 is 0 Å². The van der Waals surface area contributed by atoms with Crippen LogP contribution in [-0.2, 0) is 0 Å². The Kier molecular flexibility index (Phi) is 4.52. The lowest BCUT2D eigenvalue weighted by molar-refractivity contribution is -0.387. The molecule has 0 aliphatic rings. The normalized spacial score (nSPS) is 10.6. The molecule has 0 N–H and O–H groups in total. The smallest absolute Gasteiger partial charge is 0.307 e. The van der Waals surface area contributed by atoms with E-state index in [1.165, 1.54) is 4.90 Å². The number of hydrogen-bond donors (Lipinski definition) is 0. The van der Waals surface area contributed by atoms with Gasteiger partial charge in [-0.1, -0.05) is 0 Å². The Bertz CT molecular complexity index is 518. The zero-order chi connectivity index (χ0) is 14.7. The minimum absolute atomic E-state index is 0.185. The maximum Gasteiger partial charge on any atom is 0.307 e. The van der Waals surface area contributed by atoms with E-state index in [4.69, 9.17) is 0 Å². The van der Waals surface area contributed by atoms with E-state index in [0.29, 0.717) is 18.7 Å². The van der Waals surface area contributed by atoms with Gasteiger partial charge >= 0.3 is 5.69 Å². The van der Waals surface area contributed by atoms with Gasteiger partial charge in [0, 0.05) is 12.6 Å². The number of nitro benzene ring substituents is 1. The Morgan fingerprint density at radius 2 is 1.95 bits per heavy atom. The van der Waals surface area contributed by atoms with Crippen LogP contribution in [0.2, 0.25) is 0 Å². The van der Waals surface area contributed by atoms with Crippen molar-refractivity contribution in [1.82, 2.24) is 4.90 Å². The van der Waals surface area contributed by atoms with E-state index in [-0.39, 0.29) is 6.04 Å². The van der Waals surface area contributed by atoms with Gasteiger partial charge in [-0.2, -0.15) is 4.39 Å². The summed E-state index contributed by atoms with van der Waals surface area (Å²) in [5, 5.41) is 10.5. The molecule has 1 aromatic carbocycles. The third-order valence-corrected chi connectivity index (χ3v) is 2.69. The molecule has 0 aliphatic heterocycles. The molecule has 0 saturated heterocycles. The summed E-state index contributed by atoms with van der Waals surface area (Å²) in [4.78, 5) is 22.8. The molecule has 7 heteroatoms. The lowest BCUT2D eigenvalue weighted by atomic mass is 10.1. The average Bonchev–Trinajstić information content (AvgIpc) is 2.31. The van der Waals surface area contributed by atoms with Gasteiger partial charge in [-0.25, -0.2) is 4.39 Å². The molecular formula is C12H14F2N2O3. The first-order valence-electron chi connectivity index (χ1n) is 5.74. The Labute approximate surface area is 109 Å². The SMILES string of the molecule is CCN(C(=O)c1cc(F)c([N+](=O)[O-])cc1F)C(C)C. The number of hydrogen-bond acceptors (Lipinski definition) is 3. The number of nitro groups is 1. The monoisotopic (exact) mass is 272 g/mol. The van der Waals surface area contributed by atoms with Crippen LogP contribution < -0.4 is 0 Å². The van der Waals surface area contributed by atoms with Crippen LogP contribution in [0.15, 0.2) is 12.1 Å². The van der Waals surface area contributed by atoms with Crippen LogP contribution in [0.1, 0.15) is 31.1 Å². The van der Waals surface area contributed by atoms with Crippen LogP contribution in [0.4, 0.5) is 14.5 Å². The van der Waals surface area contributed by atoms with Gasteiger partial charge in [0.1, 0.15) is 5.82 Å². The average molecular weight is 272 g/mol. The summed E-state index contributed by atoms with van der Waals surface area (Å²) in [5.74, 6) is -3.02. The van der Waals surface area contributed by atoms with Crippen LogP contribution in [0, 0.1) is 21.7 Å². The number of rotatable bonds is 4. The molecular weight excluding hydrogens is 258 g/mol. The van der Waals surface area contributed by atoms with Gasteiger partial charge in [0.2, 0.25) is 5.82 Å². The van der Waals surface area contributed by atoms with Crippen molar-refractivity contribution in [1.29, 1.82) is 0 Å². The molecule has 0 saturated carbocycles. The van der Waals surface area contributed by atoms with E-state index in [1.54, 1.807) is 20.8 Å². The van der Waals surface area contributed by atoms with Gasteiger partial charge in [0.25, 0.3) is 5.91 Å². The minimum Gasteiger partial charge on any atom is -0.336 e. The van der Waals surface area contributed by atoms with Crippen molar-refractivity contribution in [2.45, 2.75) is 26.8 Å². The van der Waals surface area contributed by atoms with Gasteiger partial charge in [0.05, 0.1) is 16.6 Å². The van der Waals surface area contributed by atoms with E-state index in [9.17, 15) is 23.7 Å². The van der Waals surface area contributed by atoms with Crippen LogP contribution in [0.25, 0.3) is 0 Å². The molecule has 1 aromatic rings. The maximum atomic E-state index is 13.7. The van der Waals surface area contributed by atoms with Gasteiger partial charge in [-0.15, -0.1) is 0 Å². The predicted molar refractivity (Wildman–Crippen MR) is 64.9 cm³/mol. The van der Waals surface area contributed by atoms with E-state index in [2.05, 4.69) is 0 Å². The molecule has 0 heterocycles. The molecule has 0 unspecified atom stereocenters. The second-order valence-electron chi connectivity index (χ2n) is 4.23. The number of halogens is 2. The number of carbonyl (C=O) groups excluding carboxylic acids is 1. The highest BCUT2D eigenvalue weighted by atomic mass is 19.1.